The molecule has 3 rings (SSSR count). The van der Waals surface area contributed by atoms with E-state index in [1.165, 1.54) is 0 Å². The summed E-state index contributed by atoms with van der Waals surface area (Å²) in [6, 6.07) is 14.3. The second-order valence-corrected chi connectivity index (χ2v) is 7.83. The lowest BCUT2D eigenvalue weighted by atomic mass is 10.1. The first-order valence-electron chi connectivity index (χ1n) is 8.45. The number of hydrogen-bond donors (Lipinski definition) is 1. The Kier molecular flexibility index (Phi) is 6.78. The molecule has 1 aliphatic rings. The van der Waals surface area contributed by atoms with Gasteiger partial charge in [-0.2, -0.15) is 0 Å². The molecular formula is C20H16Cl2N2O3S. The molecule has 0 atom stereocenters. The number of rotatable bonds is 6. The highest BCUT2D eigenvalue weighted by atomic mass is 35.5. The van der Waals surface area contributed by atoms with E-state index in [4.69, 9.17) is 23.2 Å². The summed E-state index contributed by atoms with van der Waals surface area (Å²) in [6.45, 7) is 0.292. The van der Waals surface area contributed by atoms with Gasteiger partial charge in [-0.1, -0.05) is 59.6 Å². The summed E-state index contributed by atoms with van der Waals surface area (Å²) >= 11 is 12.7. The van der Waals surface area contributed by atoms with Crippen molar-refractivity contribution in [3.8, 4) is 0 Å². The van der Waals surface area contributed by atoms with Gasteiger partial charge in [0.25, 0.3) is 11.1 Å². The van der Waals surface area contributed by atoms with Gasteiger partial charge in [-0.05, 0) is 41.1 Å². The summed E-state index contributed by atoms with van der Waals surface area (Å²) in [5, 5.41) is 3.18. The predicted molar refractivity (Wildman–Crippen MR) is 112 cm³/mol. The number of carbonyl (C=O) groups is 3. The summed E-state index contributed by atoms with van der Waals surface area (Å²) in [7, 11) is 0. The van der Waals surface area contributed by atoms with Crippen LogP contribution in [-0.2, 0) is 16.0 Å². The highest BCUT2D eigenvalue weighted by Crippen LogP contribution is 2.31. The van der Waals surface area contributed by atoms with Crippen molar-refractivity contribution < 1.29 is 14.4 Å². The van der Waals surface area contributed by atoms with E-state index >= 15 is 0 Å². The fraction of sp³-hybridized carbons (Fsp3) is 0.150. The largest absolute Gasteiger partial charge is 0.354 e. The lowest BCUT2D eigenvalue weighted by Gasteiger charge is -2.13. The maximum Gasteiger partial charge on any atom is 0.293 e. The molecule has 1 N–H and O–H groups in total. The van der Waals surface area contributed by atoms with Crippen LogP contribution in [0.1, 0.15) is 11.1 Å². The van der Waals surface area contributed by atoms with Crippen LogP contribution in [0.5, 0.6) is 0 Å². The van der Waals surface area contributed by atoms with Crippen molar-refractivity contribution in [2.24, 2.45) is 0 Å². The molecule has 8 heteroatoms. The lowest BCUT2D eigenvalue weighted by molar-refractivity contribution is -0.124. The Labute approximate surface area is 176 Å². The van der Waals surface area contributed by atoms with E-state index in [1.54, 1.807) is 24.3 Å². The van der Waals surface area contributed by atoms with Crippen molar-refractivity contribution in [2.45, 2.75) is 6.42 Å². The molecule has 1 fully saturated rings. The monoisotopic (exact) mass is 434 g/mol. The first-order chi connectivity index (χ1) is 13.4. The zero-order chi connectivity index (χ0) is 20.1. The molecule has 2 aromatic rings. The van der Waals surface area contributed by atoms with Crippen molar-refractivity contribution in [3.63, 3.8) is 0 Å². The van der Waals surface area contributed by atoms with Gasteiger partial charge in [0.15, 0.2) is 0 Å². The van der Waals surface area contributed by atoms with Crippen molar-refractivity contribution in [1.29, 1.82) is 0 Å². The van der Waals surface area contributed by atoms with Crippen LogP contribution in [0.4, 0.5) is 4.79 Å². The predicted octanol–water partition coefficient (Wildman–Crippen LogP) is 4.39. The van der Waals surface area contributed by atoms with E-state index < -0.39 is 0 Å². The second kappa shape index (κ2) is 9.28. The minimum Gasteiger partial charge on any atom is -0.354 e. The number of carbonyl (C=O) groups excluding carboxylic acids is 3. The van der Waals surface area contributed by atoms with Crippen LogP contribution in [0.15, 0.2) is 53.4 Å². The molecule has 0 unspecified atom stereocenters. The number of benzene rings is 2. The molecule has 3 amide bonds. The van der Waals surface area contributed by atoms with E-state index in [0.29, 0.717) is 15.0 Å². The third kappa shape index (κ3) is 5.16. The number of hydrogen-bond acceptors (Lipinski definition) is 4. The maximum absolute atomic E-state index is 12.4. The van der Waals surface area contributed by atoms with Gasteiger partial charge in [0, 0.05) is 13.1 Å². The molecule has 5 nitrogen and oxygen atoms in total. The SMILES string of the molecule is O=C(Cc1ccc(Cl)c(Cl)c1)NCCN1C(=O)S/C(=C/c2ccccc2)C1=O. The highest BCUT2D eigenvalue weighted by molar-refractivity contribution is 8.18. The third-order valence-electron chi connectivity index (χ3n) is 3.98. The van der Waals surface area contributed by atoms with Gasteiger partial charge < -0.3 is 5.32 Å². The number of amides is 3. The Balaban J connectivity index is 1.52. The van der Waals surface area contributed by atoms with Gasteiger partial charge in [0.2, 0.25) is 5.91 Å². The van der Waals surface area contributed by atoms with Gasteiger partial charge >= 0.3 is 0 Å². The van der Waals surface area contributed by atoms with E-state index in [0.717, 1.165) is 27.8 Å². The molecule has 0 saturated carbocycles. The lowest BCUT2D eigenvalue weighted by Crippen LogP contribution is -2.37. The van der Waals surface area contributed by atoms with Gasteiger partial charge in [-0.15, -0.1) is 0 Å². The number of halogens is 2. The quantitative estimate of drug-likeness (QED) is 0.684. The van der Waals surface area contributed by atoms with Crippen LogP contribution in [-0.4, -0.2) is 35.0 Å². The summed E-state index contributed by atoms with van der Waals surface area (Å²) < 4.78 is 0. The first-order valence-corrected chi connectivity index (χ1v) is 10.0. The molecule has 0 bridgehead atoms. The Morgan fingerprint density at radius 2 is 1.82 bits per heavy atom. The molecule has 1 aliphatic heterocycles. The highest BCUT2D eigenvalue weighted by Gasteiger charge is 2.34. The summed E-state index contributed by atoms with van der Waals surface area (Å²) in [5.74, 6) is -0.581. The van der Waals surface area contributed by atoms with E-state index in [1.807, 2.05) is 30.3 Å². The number of nitrogens with one attached hydrogen (secondary N) is 1. The fourth-order valence-corrected chi connectivity index (χ4v) is 3.78. The Morgan fingerprint density at radius 1 is 1.07 bits per heavy atom. The summed E-state index contributed by atoms with van der Waals surface area (Å²) in [4.78, 5) is 38.1. The van der Waals surface area contributed by atoms with E-state index in [2.05, 4.69) is 5.32 Å². The van der Waals surface area contributed by atoms with Crippen LogP contribution in [0.2, 0.25) is 10.0 Å². The molecule has 0 aromatic heterocycles. The molecule has 0 spiro atoms. The molecule has 28 heavy (non-hydrogen) atoms. The zero-order valence-electron chi connectivity index (χ0n) is 14.7. The molecular weight excluding hydrogens is 419 g/mol. The molecule has 2 aromatic carbocycles. The van der Waals surface area contributed by atoms with E-state index in [-0.39, 0.29) is 36.6 Å². The number of nitrogens with zero attached hydrogens (tertiary/aromatic N) is 1. The van der Waals surface area contributed by atoms with E-state index in [9.17, 15) is 14.4 Å². The smallest absolute Gasteiger partial charge is 0.293 e. The van der Waals surface area contributed by atoms with Crippen molar-refractivity contribution in [2.75, 3.05) is 13.1 Å². The Morgan fingerprint density at radius 3 is 2.54 bits per heavy atom. The van der Waals surface area contributed by atoms with Crippen molar-refractivity contribution in [3.05, 3.63) is 74.6 Å². The minimum absolute atomic E-state index is 0.115. The molecule has 1 saturated heterocycles. The molecule has 0 radical (unpaired) electrons. The minimum atomic E-state index is -0.349. The maximum atomic E-state index is 12.4. The molecule has 144 valence electrons. The average Bonchev–Trinajstić information content (AvgIpc) is 2.93. The van der Waals surface area contributed by atoms with Crippen molar-refractivity contribution in [1.82, 2.24) is 10.2 Å². The zero-order valence-corrected chi connectivity index (χ0v) is 17.0. The van der Waals surface area contributed by atoms with Crippen LogP contribution < -0.4 is 5.32 Å². The molecule has 0 aliphatic carbocycles. The van der Waals surface area contributed by atoms with Gasteiger partial charge in [0.1, 0.15) is 0 Å². The third-order valence-corrected chi connectivity index (χ3v) is 5.62. The summed E-state index contributed by atoms with van der Waals surface area (Å²) in [6.07, 6.45) is 1.82. The molecule has 1 heterocycles. The summed E-state index contributed by atoms with van der Waals surface area (Å²) in [5.41, 5.74) is 1.58. The normalized spacial score (nSPS) is 15.4. The Hall–Kier alpha value is -2.28. The van der Waals surface area contributed by atoms with Gasteiger partial charge in [0.05, 0.1) is 21.4 Å². The topological polar surface area (TPSA) is 66.5 Å². The standard InChI is InChI=1S/C20H16Cl2N2O3S/c21-15-7-6-14(10-16(15)22)12-18(25)23-8-9-24-19(26)17(28-20(24)27)11-13-4-2-1-3-5-13/h1-7,10-11H,8-9,12H2,(H,23,25)/b17-11+. The van der Waals surface area contributed by atoms with Crippen LogP contribution in [0.25, 0.3) is 6.08 Å². The van der Waals surface area contributed by atoms with Gasteiger partial charge in [-0.3, -0.25) is 19.3 Å². The second-order valence-electron chi connectivity index (χ2n) is 6.02. The number of imide groups is 1. The Bertz CT molecular complexity index is 948. The number of thioether (sulfide) groups is 1. The van der Waals surface area contributed by atoms with Crippen LogP contribution >= 0.6 is 35.0 Å². The van der Waals surface area contributed by atoms with Crippen LogP contribution in [0, 0.1) is 0 Å². The van der Waals surface area contributed by atoms with Gasteiger partial charge in [-0.25, -0.2) is 0 Å². The first kappa shape index (κ1) is 20.5. The van der Waals surface area contributed by atoms with Crippen LogP contribution in [0.3, 0.4) is 0 Å². The fourth-order valence-electron chi connectivity index (χ4n) is 2.60. The van der Waals surface area contributed by atoms with Crippen molar-refractivity contribution >= 4 is 58.1 Å². The average molecular weight is 435 g/mol.